The highest BCUT2D eigenvalue weighted by Gasteiger charge is 2.14. The molecule has 0 bridgehead atoms. The van der Waals surface area contributed by atoms with E-state index >= 15 is 0 Å². The monoisotopic (exact) mass is 249 g/mol. The summed E-state index contributed by atoms with van der Waals surface area (Å²) in [4.78, 5) is 13.6. The first-order valence-corrected chi connectivity index (χ1v) is 6.33. The van der Waals surface area contributed by atoms with Crippen molar-refractivity contribution in [2.45, 2.75) is 32.7 Å². The molecule has 4 heteroatoms. The summed E-state index contributed by atoms with van der Waals surface area (Å²) in [7, 11) is 3.50. The predicted molar refractivity (Wildman–Crippen MR) is 76.9 cm³/mol. The molecule has 0 saturated heterocycles. The van der Waals surface area contributed by atoms with Crippen molar-refractivity contribution in [1.82, 2.24) is 4.90 Å². The van der Waals surface area contributed by atoms with Crippen LogP contribution in [0.4, 0.5) is 11.4 Å². The molecular weight excluding hydrogens is 226 g/mol. The van der Waals surface area contributed by atoms with Gasteiger partial charge in [0, 0.05) is 31.5 Å². The highest BCUT2D eigenvalue weighted by atomic mass is 16.2. The fourth-order valence-electron chi connectivity index (χ4n) is 1.88. The summed E-state index contributed by atoms with van der Waals surface area (Å²) in [6, 6.07) is 5.68. The summed E-state index contributed by atoms with van der Waals surface area (Å²) >= 11 is 0. The molecule has 0 heterocycles. The molecule has 1 atom stereocenters. The fraction of sp³-hybridized carbons (Fsp3) is 0.500. The van der Waals surface area contributed by atoms with Crippen LogP contribution in [-0.4, -0.2) is 30.9 Å². The van der Waals surface area contributed by atoms with Gasteiger partial charge in [0.2, 0.25) is 0 Å². The number of carbonyl (C=O) groups excluding carboxylic acids is 1. The third kappa shape index (κ3) is 3.65. The van der Waals surface area contributed by atoms with Gasteiger partial charge in [0.25, 0.3) is 5.91 Å². The van der Waals surface area contributed by atoms with Crippen molar-refractivity contribution in [3.63, 3.8) is 0 Å². The fourth-order valence-corrected chi connectivity index (χ4v) is 1.88. The number of hydrogen-bond donors (Lipinski definition) is 2. The van der Waals surface area contributed by atoms with E-state index < -0.39 is 0 Å². The minimum Gasteiger partial charge on any atom is -0.399 e. The van der Waals surface area contributed by atoms with Crippen LogP contribution >= 0.6 is 0 Å². The molecule has 1 amide bonds. The van der Waals surface area contributed by atoms with Gasteiger partial charge < -0.3 is 16.0 Å². The number of nitrogens with zero attached hydrogens (tertiary/aromatic N) is 1. The maximum absolute atomic E-state index is 12.1. The van der Waals surface area contributed by atoms with E-state index in [9.17, 15) is 4.79 Å². The zero-order valence-corrected chi connectivity index (χ0v) is 11.7. The Morgan fingerprint density at radius 2 is 2.11 bits per heavy atom. The standard InChI is InChI=1S/C14H23N3O/c1-5-6-10(2)16-13-9-11(15)7-8-12(13)14(18)17(3)4/h7-10,16H,5-6,15H2,1-4H3. The van der Waals surface area contributed by atoms with Crippen LogP contribution in [0.3, 0.4) is 0 Å². The first-order valence-electron chi connectivity index (χ1n) is 6.33. The Hall–Kier alpha value is -1.71. The summed E-state index contributed by atoms with van der Waals surface area (Å²) in [5.74, 6) is -0.0128. The maximum Gasteiger partial charge on any atom is 0.255 e. The lowest BCUT2D eigenvalue weighted by atomic mass is 10.1. The third-order valence-corrected chi connectivity index (χ3v) is 2.80. The Labute approximate surface area is 109 Å². The van der Waals surface area contributed by atoms with Crippen LogP contribution < -0.4 is 11.1 Å². The molecule has 0 aliphatic carbocycles. The summed E-state index contributed by atoms with van der Waals surface area (Å²) in [5, 5.41) is 3.36. The quantitative estimate of drug-likeness (QED) is 0.788. The maximum atomic E-state index is 12.1. The van der Waals surface area contributed by atoms with Gasteiger partial charge in [-0.25, -0.2) is 0 Å². The first-order chi connectivity index (χ1) is 8.45. The van der Waals surface area contributed by atoms with Gasteiger partial charge in [0.05, 0.1) is 5.56 Å². The van der Waals surface area contributed by atoms with E-state index in [-0.39, 0.29) is 5.91 Å². The van der Waals surface area contributed by atoms with Gasteiger partial charge in [0.1, 0.15) is 0 Å². The molecule has 0 aliphatic heterocycles. The number of nitrogen functional groups attached to an aromatic ring is 1. The largest absolute Gasteiger partial charge is 0.399 e. The van der Waals surface area contributed by atoms with Gasteiger partial charge in [0.15, 0.2) is 0 Å². The number of benzene rings is 1. The molecule has 1 aromatic rings. The van der Waals surface area contributed by atoms with Crippen LogP contribution in [0.1, 0.15) is 37.0 Å². The molecule has 4 nitrogen and oxygen atoms in total. The van der Waals surface area contributed by atoms with Crippen molar-refractivity contribution >= 4 is 17.3 Å². The molecule has 0 fully saturated rings. The molecule has 0 spiro atoms. The van der Waals surface area contributed by atoms with Gasteiger partial charge in [-0.15, -0.1) is 0 Å². The van der Waals surface area contributed by atoms with E-state index in [4.69, 9.17) is 5.73 Å². The van der Waals surface area contributed by atoms with Gasteiger partial charge >= 0.3 is 0 Å². The van der Waals surface area contributed by atoms with Crippen LogP contribution in [0.2, 0.25) is 0 Å². The van der Waals surface area contributed by atoms with E-state index in [2.05, 4.69) is 19.2 Å². The molecule has 1 rings (SSSR count). The second kappa shape index (κ2) is 6.28. The van der Waals surface area contributed by atoms with Crippen LogP contribution in [0.15, 0.2) is 18.2 Å². The topological polar surface area (TPSA) is 58.4 Å². The minimum absolute atomic E-state index is 0.0128. The third-order valence-electron chi connectivity index (χ3n) is 2.80. The Morgan fingerprint density at radius 1 is 1.44 bits per heavy atom. The minimum atomic E-state index is -0.0128. The van der Waals surface area contributed by atoms with Crippen molar-refractivity contribution in [1.29, 1.82) is 0 Å². The molecular formula is C14H23N3O. The van der Waals surface area contributed by atoms with Crippen LogP contribution in [0, 0.1) is 0 Å². The molecule has 1 aromatic carbocycles. The normalized spacial score (nSPS) is 12.0. The molecule has 1 unspecified atom stereocenters. The van der Waals surface area contributed by atoms with Crippen LogP contribution in [0.25, 0.3) is 0 Å². The Kier molecular flexibility index (Phi) is 5.01. The molecule has 0 aromatic heterocycles. The predicted octanol–water partition coefficient (Wildman–Crippen LogP) is 2.57. The molecule has 0 aliphatic rings. The van der Waals surface area contributed by atoms with E-state index in [1.54, 1.807) is 31.1 Å². The van der Waals surface area contributed by atoms with Crippen molar-refractivity contribution in [2.75, 3.05) is 25.1 Å². The number of nitrogens with one attached hydrogen (secondary N) is 1. The second-order valence-corrected chi connectivity index (χ2v) is 4.84. The SMILES string of the molecule is CCCC(C)Nc1cc(N)ccc1C(=O)N(C)C. The van der Waals surface area contributed by atoms with Crippen molar-refractivity contribution in [3.05, 3.63) is 23.8 Å². The Morgan fingerprint density at radius 3 is 2.67 bits per heavy atom. The zero-order chi connectivity index (χ0) is 13.7. The van der Waals surface area contributed by atoms with Gasteiger partial charge in [-0.05, 0) is 31.5 Å². The number of carbonyl (C=O) groups is 1. The summed E-state index contributed by atoms with van der Waals surface area (Å²) in [6.07, 6.45) is 2.16. The molecule has 0 radical (unpaired) electrons. The van der Waals surface area contributed by atoms with Gasteiger partial charge in [-0.3, -0.25) is 4.79 Å². The average molecular weight is 249 g/mol. The lowest BCUT2D eigenvalue weighted by Crippen LogP contribution is -2.24. The number of amides is 1. The van der Waals surface area contributed by atoms with E-state index in [1.807, 2.05) is 6.07 Å². The highest BCUT2D eigenvalue weighted by Crippen LogP contribution is 2.22. The van der Waals surface area contributed by atoms with Crippen LogP contribution in [0.5, 0.6) is 0 Å². The smallest absolute Gasteiger partial charge is 0.255 e. The van der Waals surface area contributed by atoms with Gasteiger partial charge in [-0.2, -0.15) is 0 Å². The number of hydrogen-bond acceptors (Lipinski definition) is 3. The number of rotatable bonds is 5. The lowest BCUT2D eigenvalue weighted by molar-refractivity contribution is 0.0828. The first kappa shape index (κ1) is 14.4. The van der Waals surface area contributed by atoms with E-state index in [1.165, 1.54) is 0 Å². The Balaban J connectivity index is 3.00. The number of anilines is 2. The van der Waals surface area contributed by atoms with E-state index in [0.29, 0.717) is 17.3 Å². The lowest BCUT2D eigenvalue weighted by Gasteiger charge is -2.19. The Bertz CT molecular complexity index is 416. The summed E-state index contributed by atoms with van der Waals surface area (Å²) in [5.41, 5.74) is 7.93. The molecule has 0 saturated carbocycles. The van der Waals surface area contributed by atoms with Crippen molar-refractivity contribution in [2.24, 2.45) is 0 Å². The van der Waals surface area contributed by atoms with Gasteiger partial charge in [-0.1, -0.05) is 13.3 Å². The van der Waals surface area contributed by atoms with Crippen molar-refractivity contribution in [3.8, 4) is 0 Å². The second-order valence-electron chi connectivity index (χ2n) is 4.84. The molecule has 100 valence electrons. The summed E-state index contributed by atoms with van der Waals surface area (Å²) in [6.45, 7) is 4.25. The zero-order valence-electron chi connectivity index (χ0n) is 11.7. The summed E-state index contributed by atoms with van der Waals surface area (Å²) < 4.78 is 0. The highest BCUT2D eigenvalue weighted by molar-refractivity contribution is 6.00. The van der Waals surface area contributed by atoms with Crippen molar-refractivity contribution < 1.29 is 4.79 Å². The number of nitrogens with two attached hydrogens (primary N) is 1. The average Bonchev–Trinajstić information content (AvgIpc) is 2.28. The molecule has 18 heavy (non-hydrogen) atoms. The molecule has 3 N–H and O–H groups in total. The van der Waals surface area contributed by atoms with E-state index in [0.717, 1.165) is 18.5 Å². The van der Waals surface area contributed by atoms with Crippen LogP contribution in [-0.2, 0) is 0 Å².